The number of fused-ring (bicyclic) bond motifs is 1. The van der Waals surface area contributed by atoms with Crippen molar-refractivity contribution in [1.82, 2.24) is 5.32 Å². The Labute approximate surface area is 163 Å². The first-order chi connectivity index (χ1) is 12.7. The van der Waals surface area contributed by atoms with E-state index in [1.165, 1.54) is 21.9 Å². The molecule has 1 amide bonds. The molecule has 3 aromatic rings. The van der Waals surface area contributed by atoms with E-state index in [9.17, 15) is 4.79 Å². The molecule has 3 aromatic carbocycles. The number of carbonyl (C=O) groups excluding carboxylic acids is 1. The summed E-state index contributed by atoms with van der Waals surface area (Å²) < 4.78 is 0. The van der Waals surface area contributed by atoms with Crippen LogP contribution < -0.4 is 5.32 Å². The lowest BCUT2D eigenvalue weighted by molar-refractivity contribution is -0.120. The number of halogens is 1. The Morgan fingerprint density at radius 1 is 1.00 bits per heavy atom. The Kier molecular flexibility index (Phi) is 6.98. The predicted octanol–water partition coefficient (Wildman–Crippen LogP) is 5.48. The van der Waals surface area contributed by atoms with Gasteiger partial charge in [0.1, 0.15) is 0 Å². The predicted molar refractivity (Wildman–Crippen MR) is 113 cm³/mol. The van der Waals surface area contributed by atoms with Crippen LogP contribution in [0.2, 0.25) is 5.02 Å². The molecule has 0 radical (unpaired) electrons. The van der Waals surface area contributed by atoms with Crippen LogP contribution in [0.1, 0.15) is 17.5 Å². The highest BCUT2D eigenvalue weighted by Crippen LogP contribution is 2.20. The van der Waals surface area contributed by atoms with E-state index >= 15 is 0 Å². The van der Waals surface area contributed by atoms with Crippen molar-refractivity contribution >= 4 is 40.0 Å². The van der Waals surface area contributed by atoms with Gasteiger partial charge < -0.3 is 5.32 Å². The zero-order valence-corrected chi connectivity index (χ0v) is 16.2. The van der Waals surface area contributed by atoms with Crippen molar-refractivity contribution < 1.29 is 4.79 Å². The molecule has 0 aliphatic rings. The Balaban J connectivity index is 1.38. The van der Waals surface area contributed by atoms with E-state index in [4.69, 9.17) is 11.6 Å². The van der Waals surface area contributed by atoms with Crippen LogP contribution in [-0.4, -0.2) is 18.2 Å². The molecule has 0 heterocycles. The Bertz CT molecular complexity index is 875. The average molecular weight is 384 g/mol. The SMILES string of the molecule is O=C(CCc1cccc2ccccc12)NCCSCc1cccc(Cl)c1. The monoisotopic (exact) mass is 383 g/mol. The van der Waals surface area contributed by atoms with E-state index in [1.807, 2.05) is 30.3 Å². The normalized spacial score (nSPS) is 10.8. The maximum absolute atomic E-state index is 12.1. The van der Waals surface area contributed by atoms with Gasteiger partial charge in [0, 0.05) is 29.5 Å². The summed E-state index contributed by atoms with van der Waals surface area (Å²) >= 11 is 7.78. The van der Waals surface area contributed by atoms with Crippen LogP contribution in [-0.2, 0) is 17.0 Å². The molecule has 0 spiro atoms. The lowest BCUT2D eigenvalue weighted by Crippen LogP contribution is -2.25. The van der Waals surface area contributed by atoms with Crippen molar-refractivity contribution in [2.75, 3.05) is 12.3 Å². The minimum absolute atomic E-state index is 0.112. The molecule has 0 aliphatic heterocycles. The molecular weight excluding hydrogens is 362 g/mol. The fourth-order valence-electron chi connectivity index (χ4n) is 2.93. The number of hydrogen-bond donors (Lipinski definition) is 1. The van der Waals surface area contributed by atoms with Crippen molar-refractivity contribution in [3.8, 4) is 0 Å². The number of hydrogen-bond acceptors (Lipinski definition) is 2. The number of carbonyl (C=O) groups is 1. The van der Waals surface area contributed by atoms with Crippen molar-refractivity contribution in [3.05, 3.63) is 82.9 Å². The maximum Gasteiger partial charge on any atom is 0.220 e. The first-order valence-corrected chi connectivity index (χ1v) is 10.3. The third kappa shape index (κ3) is 5.52. The number of thioether (sulfide) groups is 1. The summed E-state index contributed by atoms with van der Waals surface area (Å²) in [5.74, 6) is 1.92. The fourth-order valence-corrected chi connectivity index (χ4v) is 3.95. The summed E-state index contributed by atoms with van der Waals surface area (Å²) in [5, 5.41) is 6.24. The molecule has 0 saturated heterocycles. The van der Waals surface area contributed by atoms with Crippen LogP contribution in [0.25, 0.3) is 10.8 Å². The lowest BCUT2D eigenvalue weighted by Gasteiger charge is -2.08. The standard InChI is InChI=1S/C22H22ClNOS/c23-20-9-3-5-17(15-20)16-26-14-13-24-22(25)12-11-19-8-4-7-18-6-1-2-10-21(18)19/h1-10,15H,11-14,16H2,(H,24,25). The van der Waals surface area contributed by atoms with E-state index < -0.39 is 0 Å². The van der Waals surface area contributed by atoms with Gasteiger partial charge in [0.2, 0.25) is 5.91 Å². The molecule has 0 atom stereocenters. The summed E-state index contributed by atoms with van der Waals surface area (Å²) in [5.41, 5.74) is 2.44. The maximum atomic E-state index is 12.1. The van der Waals surface area contributed by atoms with Crippen LogP contribution in [0.5, 0.6) is 0 Å². The fraction of sp³-hybridized carbons (Fsp3) is 0.227. The smallest absolute Gasteiger partial charge is 0.220 e. The number of benzene rings is 3. The average Bonchev–Trinajstić information content (AvgIpc) is 2.66. The van der Waals surface area contributed by atoms with Gasteiger partial charge in [-0.1, -0.05) is 66.2 Å². The zero-order chi connectivity index (χ0) is 18.2. The molecule has 4 heteroatoms. The minimum atomic E-state index is 0.112. The van der Waals surface area contributed by atoms with E-state index in [0.717, 1.165) is 22.9 Å². The molecule has 134 valence electrons. The first kappa shape index (κ1) is 18.8. The van der Waals surface area contributed by atoms with Gasteiger partial charge in [-0.2, -0.15) is 11.8 Å². The van der Waals surface area contributed by atoms with Crippen molar-refractivity contribution in [2.45, 2.75) is 18.6 Å². The lowest BCUT2D eigenvalue weighted by atomic mass is 10.0. The summed E-state index contributed by atoms with van der Waals surface area (Å²) in [7, 11) is 0. The van der Waals surface area contributed by atoms with Crippen LogP contribution in [0.4, 0.5) is 0 Å². The molecule has 0 fully saturated rings. The molecule has 3 rings (SSSR count). The van der Waals surface area contributed by atoms with Gasteiger partial charge in [-0.05, 0) is 40.5 Å². The molecule has 26 heavy (non-hydrogen) atoms. The van der Waals surface area contributed by atoms with E-state index in [2.05, 4.69) is 41.7 Å². The van der Waals surface area contributed by atoms with Gasteiger partial charge in [0.25, 0.3) is 0 Å². The van der Waals surface area contributed by atoms with Crippen LogP contribution in [0, 0.1) is 0 Å². The van der Waals surface area contributed by atoms with Gasteiger partial charge >= 0.3 is 0 Å². The first-order valence-electron chi connectivity index (χ1n) is 8.78. The van der Waals surface area contributed by atoms with E-state index in [0.29, 0.717) is 13.0 Å². The topological polar surface area (TPSA) is 29.1 Å². The highest BCUT2D eigenvalue weighted by molar-refractivity contribution is 7.98. The Hall–Kier alpha value is -1.97. The van der Waals surface area contributed by atoms with Gasteiger partial charge in [0.15, 0.2) is 0 Å². The van der Waals surface area contributed by atoms with Gasteiger partial charge in [0.05, 0.1) is 0 Å². The Morgan fingerprint density at radius 2 is 1.81 bits per heavy atom. The molecule has 2 nitrogen and oxygen atoms in total. The second kappa shape index (κ2) is 9.65. The highest BCUT2D eigenvalue weighted by atomic mass is 35.5. The molecule has 1 N–H and O–H groups in total. The van der Waals surface area contributed by atoms with Crippen molar-refractivity contribution in [3.63, 3.8) is 0 Å². The minimum Gasteiger partial charge on any atom is -0.355 e. The largest absolute Gasteiger partial charge is 0.355 e. The van der Waals surface area contributed by atoms with Gasteiger partial charge in [-0.25, -0.2) is 0 Å². The number of amides is 1. The molecular formula is C22H22ClNOS. The molecule has 0 saturated carbocycles. The Morgan fingerprint density at radius 3 is 2.69 bits per heavy atom. The highest BCUT2D eigenvalue weighted by Gasteiger charge is 2.05. The third-order valence-electron chi connectivity index (χ3n) is 4.23. The quantitative estimate of drug-likeness (QED) is 0.522. The van der Waals surface area contributed by atoms with Crippen molar-refractivity contribution in [1.29, 1.82) is 0 Å². The van der Waals surface area contributed by atoms with E-state index in [1.54, 1.807) is 11.8 Å². The number of aryl methyl sites for hydroxylation is 1. The molecule has 0 aliphatic carbocycles. The second-order valence-corrected chi connectivity index (χ2v) is 7.71. The number of rotatable bonds is 8. The van der Waals surface area contributed by atoms with Crippen LogP contribution in [0.15, 0.2) is 66.7 Å². The van der Waals surface area contributed by atoms with E-state index in [-0.39, 0.29) is 5.91 Å². The zero-order valence-electron chi connectivity index (χ0n) is 14.6. The molecule has 0 aromatic heterocycles. The van der Waals surface area contributed by atoms with Crippen LogP contribution in [0.3, 0.4) is 0 Å². The second-order valence-electron chi connectivity index (χ2n) is 6.17. The van der Waals surface area contributed by atoms with Crippen LogP contribution >= 0.6 is 23.4 Å². The van der Waals surface area contributed by atoms with Crippen molar-refractivity contribution in [2.24, 2.45) is 0 Å². The summed E-state index contributed by atoms with van der Waals surface area (Å²) in [4.78, 5) is 12.1. The summed E-state index contributed by atoms with van der Waals surface area (Å²) in [6.45, 7) is 0.694. The summed E-state index contributed by atoms with van der Waals surface area (Å²) in [6, 6.07) is 22.5. The molecule has 0 unspecified atom stereocenters. The number of nitrogens with one attached hydrogen (secondary N) is 1. The molecule has 0 bridgehead atoms. The van der Waals surface area contributed by atoms with Gasteiger partial charge in [-0.3, -0.25) is 4.79 Å². The summed E-state index contributed by atoms with van der Waals surface area (Å²) in [6.07, 6.45) is 1.29. The van der Waals surface area contributed by atoms with Gasteiger partial charge in [-0.15, -0.1) is 0 Å². The third-order valence-corrected chi connectivity index (χ3v) is 5.49.